The maximum absolute atomic E-state index is 2.46. The zero-order chi connectivity index (χ0) is 7.19. The van der Waals surface area contributed by atoms with Gasteiger partial charge in [-0.25, -0.2) is 0 Å². The average Bonchev–Trinajstić information content (AvgIpc) is 2.37. The monoisotopic (exact) mass is 138 g/mol. The van der Waals surface area contributed by atoms with Gasteiger partial charge >= 0.3 is 0 Å². The first-order valence-electron chi connectivity index (χ1n) is 4.79. The van der Waals surface area contributed by atoms with E-state index in [1.807, 2.05) is 0 Å². The van der Waals surface area contributed by atoms with Gasteiger partial charge in [-0.3, -0.25) is 0 Å². The summed E-state index contributed by atoms with van der Waals surface area (Å²) in [6.45, 7) is 4.77. The molecule has 2 aliphatic carbocycles. The highest BCUT2D eigenvalue weighted by molar-refractivity contribution is 5.12. The third kappa shape index (κ3) is 0.681. The van der Waals surface area contributed by atoms with E-state index in [4.69, 9.17) is 0 Å². The number of rotatable bonds is 3. The smallest absolute Gasteiger partial charge is 0.0240 e. The summed E-state index contributed by atoms with van der Waals surface area (Å²) in [5, 5.41) is 0. The second-order valence-electron chi connectivity index (χ2n) is 4.36. The van der Waals surface area contributed by atoms with Gasteiger partial charge < -0.3 is 0 Å². The molecule has 0 bridgehead atoms. The molecule has 10 heavy (non-hydrogen) atoms. The van der Waals surface area contributed by atoms with Gasteiger partial charge in [0.25, 0.3) is 0 Å². The second-order valence-corrected chi connectivity index (χ2v) is 4.36. The first-order chi connectivity index (χ1) is 4.79. The van der Waals surface area contributed by atoms with Crippen LogP contribution in [0.25, 0.3) is 0 Å². The summed E-state index contributed by atoms with van der Waals surface area (Å²) in [6.07, 6.45) is 7.53. The molecule has 0 spiro atoms. The lowest BCUT2D eigenvalue weighted by molar-refractivity contribution is 0.185. The van der Waals surface area contributed by atoms with Crippen molar-refractivity contribution in [3.8, 4) is 0 Å². The molecule has 0 aromatic carbocycles. The molecule has 2 rings (SSSR count). The first kappa shape index (κ1) is 6.69. The normalized spacial score (nSPS) is 45.6. The molecule has 0 amide bonds. The van der Waals surface area contributed by atoms with Gasteiger partial charge in [0.05, 0.1) is 0 Å². The molecule has 0 saturated heterocycles. The van der Waals surface area contributed by atoms with Crippen molar-refractivity contribution in [2.45, 2.75) is 46.0 Å². The van der Waals surface area contributed by atoms with Crippen molar-refractivity contribution in [2.75, 3.05) is 0 Å². The van der Waals surface area contributed by atoms with Crippen LogP contribution in [0.3, 0.4) is 0 Å². The molecule has 0 aliphatic heterocycles. The van der Waals surface area contributed by atoms with Crippen LogP contribution in [-0.2, 0) is 0 Å². The minimum Gasteiger partial charge on any atom is -0.0654 e. The summed E-state index contributed by atoms with van der Waals surface area (Å²) in [5.41, 5.74) is 0.899. The standard InChI is InChI=1S/C10H18/c1-3-4-8(2)10-6-5-9(10)7-10/h8-9H,3-7H2,1-2H3. The van der Waals surface area contributed by atoms with E-state index in [9.17, 15) is 0 Å². The lowest BCUT2D eigenvalue weighted by Gasteiger charge is -2.31. The Bertz CT molecular complexity index is 135. The van der Waals surface area contributed by atoms with Crippen LogP contribution in [0.4, 0.5) is 0 Å². The van der Waals surface area contributed by atoms with E-state index in [1.54, 1.807) is 19.3 Å². The number of fused-ring (bicyclic) bond motifs is 1. The number of hydrogen-bond donors (Lipinski definition) is 0. The van der Waals surface area contributed by atoms with Crippen molar-refractivity contribution in [3.63, 3.8) is 0 Å². The fourth-order valence-corrected chi connectivity index (χ4v) is 2.89. The van der Waals surface area contributed by atoms with E-state index in [2.05, 4.69) is 13.8 Å². The van der Waals surface area contributed by atoms with Crippen LogP contribution in [0.5, 0.6) is 0 Å². The van der Waals surface area contributed by atoms with Gasteiger partial charge in [0, 0.05) is 0 Å². The Morgan fingerprint density at radius 2 is 2.40 bits per heavy atom. The maximum atomic E-state index is 2.46. The van der Waals surface area contributed by atoms with Gasteiger partial charge in [-0.2, -0.15) is 0 Å². The maximum Gasteiger partial charge on any atom is -0.0240 e. The summed E-state index contributed by atoms with van der Waals surface area (Å²) in [7, 11) is 0. The molecule has 0 radical (unpaired) electrons. The molecule has 3 atom stereocenters. The summed E-state index contributed by atoms with van der Waals surface area (Å²) < 4.78 is 0. The van der Waals surface area contributed by atoms with Crippen LogP contribution in [0.2, 0.25) is 0 Å². The molecule has 2 aliphatic rings. The van der Waals surface area contributed by atoms with Crippen molar-refractivity contribution in [2.24, 2.45) is 17.3 Å². The molecular formula is C10H18. The van der Waals surface area contributed by atoms with E-state index in [0.717, 1.165) is 11.3 Å². The molecule has 2 saturated carbocycles. The first-order valence-corrected chi connectivity index (χ1v) is 4.79. The zero-order valence-electron chi connectivity index (χ0n) is 7.19. The summed E-state index contributed by atoms with van der Waals surface area (Å²) in [5.74, 6) is 2.21. The third-order valence-corrected chi connectivity index (χ3v) is 3.94. The zero-order valence-corrected chi connectivity index (χ0v) is 7.19. The third-order valence-electron chi connectivity index (χ3n) is 3.94. The van der Waals surface area contributed by atoms with Gasteiger partial charge in [-0.1, -0.05) is 26.7 Å². The quantitative estimate of drug-likeness (QED) is 0.561. The highest BCUT2D eigenvalue weighted by atomic mass is 14.7. The lowest BCUT2D eigenvalue weighted by atomic mass is 9.74. The van der Waals surface area contributed by atoms with Gasteiger partial charge in [0.2, 0.25) is 0 Å². The molecule has 0 heteroatoms. The molecule has 0 heterocycles. The van der Waals surface area contributed by atoms with Crippen LogP contribution in [-0.4, -0.2) is 0 Å². The van der Waals surface area contributed by atoms with Crippen LogP contribution in [0, 0.1) is 17.3 Å². The van der Waals surface area contributed by atoms with Crippen molar-refractivity contribution in [3.05, 3.63) is 0 Å². The average molecular weight is 138 g/mol. The minimum absolute atomic E-state index is 0.899. The Kier molecular flexibility index (Phi) is 1.33. The van der Waals surface area contributed by atoms with Crippen molar-refractivity contribution < 1.29 is 0 Å². The Hall–Kier alpha value is 0. The van der Waals surface area contributed by atoms with Crippen LogP contribution >= 0.6 is 0 Å². The van der Waals surface area contributed by atoms with Gasteiger partial charge in [0.1, 0.15) is 0 Å². The minimum atomic E-state index is 0.899. The second kappa shape index (κ2) is 1.99. The van der Waals surface area contributed by atoms with E-state index < -0.39 is 0 Å². The van der Waals surface area contributed by atoms with Gasteiger partial charge in [0.15, 0.2) is 0 Å². The topological polar surface area (TPSA) is 0 Å². The fourth-order valence-electron chi connectivity index (χ4n) is 2.89. The highest BCUT2D eigenvalue weighted by Crippen LogP contribution is 2.71. The Labute approximate surface area is 64.0 Å². The van der Waals surface area contributed by atoms with Crippen molar-refractivity contribution >= 4 is 0 Å². The fraction of sp³-hybridized carbons (Fsp3) is 1.00. The molecule has 2 fully saturated rings. The van der Waals surface area contributed by atoms with Crippen LogP contribution in [0.1, 0.15) is 46.0 Å². The molecule has 0 N–H and O–H groups in total. The SMILES string of the molecule is CCCC(C)C12CCC1C2. The predicted octanol–water partition coefficient (Wildman–Crippen LogP) is 3.22. The van der Waals surface area contributed by atoms with Crippen molar-refractivity contribution in [1.82, 2.24) is 0 Å². The van der Waals surface area contributed by atoms with E-state index in [-0.39, 0.29) is 0 Å². The Morgan fingerprint density at radius 1 is 1.60 bits per heavy atom. The molecule has 0 nitrogen and oxygen atoms in total. The molecule has 0 aromatic heterocycles. The summed E-state index contributed by atoms with van der Waals surface area (Å²) in [6, 6.07) is 0. The van der Waals surface area contributed by atoms with Crippen molar-refractivity contribution in [1.29, 1.82) is 0 Å². The Balaban J connectivity index is 1.88. The lowest BCUT2D eigenvalue weighted by Crippen LogP contribution is -2.22. The van der Waals surface area contributed by atoms with Crippen LogP contribution in [0.15, 0.2) is 0 Å². The van der Waals surface area contributed by atoms with E-state index in [1.165, 1.54) is 18.8 Å². The molecular weight excluding hydrogens is 120 g/mol. The molecule has 0 aromatic rings. The van der Waals surface area contributed by atoms with Crippen LogP contribution < -0.4 is 0 Å². The highest BCUT2D eigenvalue weighted by Gasteiger charge is 2.62. The van der Waals surface area contributed by atoms with Gasteiger partial charge in [-0.05, 0) is 36.5 Å². The van der Waals surface area contributed by atoms with Gasteiger partial charge in [-0.15, -0.1) is 0 Å². The number of hydrogen-bond acceptors (Lipinski definition) is 0. The molecule has 3 unspecified atom stereocenters. The van der Waals surface area contributed by atoms with E-state index >= 15 is 0 Å². The summed E-state index contributed by atoms with van der Waals surface area (Å²) >= 11 is 0. The predicted molar refractivity (Wildman–Crippen MR) is 43.8 cm³/mol. The molecule has 58 valence electrons. The summed E-state index contributed by atoms with van der Waals surface area (Å²) in [4.78, 5) is 0. The largest absolute Gasteiger partial charge is 0.0654 e. The Morgan fingerprint density at radius 3 is 2.70 bits per heavy atom. The van der Waals surface area contributed by atoms with E-state index in [0.29, 0.717) is 0 Å².